The number of esters is 2. The average Bonchev–Trinajstić information content (AvgIpc) is 2.60. The van der Waals surface area contributed by atoms with E-state index >= 15 is 0 Å². The van der Waals surface area contributed by atoms with Crippen molar-refractivity contribution in [2.75, 3.05) is 39.6 Å². The van der Waals surface area contributed by atoms with Gasteiger partial charge in [-0.05, 0) is 12.1 Å². The molecule has 0 N–H and O–H groups in total. The second kappa shape index (κ2) is 7.26. The normalized spacial score (nSPS) is 14.5. The van der Waals surface area contributed by atoms with E-state index in [1.54, 1.807) is 0 Å². The van der Waals surface area contributed by atoms with Crippen LogP contribution in [-0.2, 0) is 23.8 Å². The molecule has 0 aromatic heterocycles. The minimum Gasteiger partial charge on any atom is -0.491 e. The van der Waals surface area contributed by atoms with Crippen LogP contribution in [-0.4, -0.2) is 46.6 Å². The van der Waals surface area contributed by atoms with Gasteiger partial charge in [-0.25, -0.2) is 18.4 Å². The quantitative estimate of drug-likeness (QED) is 0.764. The van der Waals surface area contributed by atoms with Crippen molar-refractivity contribution in [1.82, 2.24) is 0 Å². The average molecular weight is 343 g/mol. The Morgan fingerprint density at radius 1 is 1.12 bits per heavy atom. The first-order chi connectivity index (χ1) is 11.5. The summed E-state index contributed by atoms with van der Waals surface area (Å²) in [6.45, 7) is -0.468. The van der Waals surface area contributed by atoms with Crippen LogP contribution < -0.4 is 9.64 Å². The van der Waals surface area contributed by atoms with Gasteiger partial charge in [-0.2, -0.15) is 0 Å². The van der Waals surface area contributed by atoms with Gasteiger partial charge >= 0.3 is 11.9 Å². The highest BCUT2D eigenvalue weighted by molar-refractivity contribution is 6.03. The van der Waals surface area contributed by atoms with Crippen LogP contribution in [0.1, 0.15) is 0 Å². The Morgan fingerprint density at radius 2 is 1.79 bits per heavy atom. The maximum atomic E-state index is 14.5. The number of carbonyl (C=O) groups is 2. The lowest BCUT2D eigenvalue weighted by atomic mass is 10.1. The predicted octanol–water partition coefficient (Wildman–Crippen LogP) is 1.37. The van der Waals surface area contributed by atoms with Crippen LogP contribution in [0.5, 0.6) is 5.75 Å². The zero-order chi connectivity index (χ0) is 17.9. The molecule has 2 rings (SSSR count). The van der Waals surface area contributed by atoms with E-state index in [0.717, 1.165) is 38.4 Å². The molecular weight excluding hydrogens is 328 g/mol. The van der Waals surface area contributed by atoms with Crippen molar-refractivity contribution in [3.8, 4) is 5.75 Å². The summed E-state index contributed by atoms with van der Waals surface area (Å²) in [7, 11) is 3.35. The molecule has 0 spiro atoms. The summed E-state index contributed by atoms with van der Waals surface area (Å²) in [5.74, 6) is -4.29. The largest absolute Gasteiger partial charge is 0.491 e. The SMILES string of the molecule is COC(=O)C1=C(C(=O)OC)N(c2ccc(F)c(OC)c2F)COC1. The van der Waals surface area contributed by atoms with E-state index in [4.69, 9.17) is 4.74 Å². The molecule has 0 atom stereocenters. The minimum atomic E-state index is -1.05. The number of nitrogens with zero attached hydrogens (tertiary/aromatic N) is 1. The van der Waals surface area contributed by atoms with E-state index in [0.29, 0.717) is 0 Å². The van der Waals surface area contributed by atoms with Crippen LogP contribution in [0.2, 0.25) is 0 Å². The molecule has 0 aliphatic carbocycles. The summed E-state index contributed by atoms with van der Waals surface area (Å²) in [6.07, 6.45) is 0. The van der Waals surface area contributed by atoms with Crippen LogP contribution >= 0.6 is 0 Å². The summed E-state index contributed by atoms with van der Waals surface area (Å²) < 4.78 is 47.3. The lowest BCUT2D eigenvalue weighted by Crippen LogP contribution is -2.39. The molecule has 1 aromatic rings. The molecule has 1 aliphatic heterocycles. The predicted molar refractivity (Wildman–Crippen MR) is 77.3 cm³/mol. The molecule has 1 aromatic carbocycles. The molecule has 0 unspecified atom stereocenters. The fourth-order valence-electron chi connectivity index (χ4n) is 2.25. The van der Waals surface area contributed by atoms with Gasteiger partial charge in [0.15, 0.2) is 17.4 Å². The zero-order valence-corrected chi connectivity index (χ0v) is 13.2. The molecule has 130 valence electrons. The summed E-state index contributed by atoms with van der Waals surface area (Å²) >= 11 is 0. The topological polar surface area (TPSA) is 74.3 Å². The molecule has 1 aliphatic rings. The molecule has 0 saturated carbocycles. The van der Waals surface area contributed by atoms with Crippen LogP contribution in [0.4, 0.5) is 14.5 Å². The van der Waals surface area contributed by atoms with Crippen molar-refractivity contribution >= 4 is 17.6 Å². The van der Waals surface area contributed by atoms with Crippen LogP contribution in [0.15, 0.2) is 23.4 Å². The Hall–Kier alpha value is -2.68. The number of anilines is 1. The van der Waals surface area contributed by atoms with Crippen molar-refractivity contribution in [3.63, 3.8) is 0 Å². The van der Waals surface area contributed by atoms with Gasteiger partial charge in [-0.3, -0.25) is 0 Å². The lowest BCUT2D eigenvalue weighted by Gasteiger charge is -2.31. The van der Waals surface area contributed by atoms with E-state index in [-0.39, 0.29) is 30.3 Å². The van der Waals surface area contributed by atoms with Gasteiger partial charge in [0.2, 0.25) is 0 Å². The second-order valence-corrected chi connectivity index (χ2v) is 4.63. The highest BCUT2D eigenvalue weighted by atomic mass is 19.1. The Bertz CT molecular complexity index is 703. The number of halogens is 2. The minimum absolute atomic E-state index is 0.140. The molecule has 9 heteroatoms. The number of ether oxygens (including phenoxy) is 4. The Kier molecular flexibility index (Phi) is 5.35. The highest BCUT2D eigenvalue weighted by Gasteiger charge is 2.34. The number of rotatable bonds is 4. The number of methoxy groups -OCH3 is 3. The number of benzene rings is 1. The highest BCUT2D eigenvalue weighted by Crippen LogP contribution is 2.34. The van der Waals surface area contributed by atoms with Gasteiger partial charge in [0.05, 0.1) is 39.2 Å². The third-order valence-corrected chi connectivity index (χ3v) is 3.36. The third-order valence-electron chi connectivity index (χ3n) is 3.36. The fourth-order valence-corrected chi connectivity index (χ4v) is 2.25. The van der Waals surface area contributed by atoms with E-state index in [1.165, 1.54) is 0 Å². The summed E-state index contributed by atoms with van der Waals surface area (Å²) in [5, 5.41) is 0. The van der Waals surface area contributed by atoms with Crippen molar-refractivity contribution in [2.45, 2.75) is 0 Å². The first-order valence-corrected chi connectivity index (χ1v) is 6.73. The van der Waals surface area contributed by atoms with Gasteiger partial charge in [-0.1, -0.05) is 0 Å². The summed E-state index contributed by atoms with van der Waals surface area (Å²) in [5.41, 5.74) is -0.601. The van der Waals surface area contributed by atoms with Crippen molar-refractivity contribution < 1.29 is 37.3 Å². The molecule has 0 radical (unpaired) electrons. The third kappa shape index (κ3) is 3.02. The molecule has 7 nitrogen and oxygen atoms in total. The zero-order valence-electron chi connectivity index (χ0n) is 13.2. The molecular formula is C15H15F2NO6. The summed E-state index contributed by atoms with van der Waals surface area (Å²) in [4.78, 5) is 25.0. The Labute approximate surface area is 136 Å². The molecule has 0 fully saturated rings. The molecule has 0 amide bonds. The van der Waals surface area contributed by atoms with Gasteiger partial charge in [0.1, 0.15) is 12.4 Å². The first kappa shape index (κ1) is 17.7. The van der Waals surface area contributed by atoms with Crippen LogP contribution in [0, 0.1) is 11.6 Å². The van der Waals surface area contributed by atoms with E-state index < -0.39 is 29.3 Å². The number of hydrogen-bond acceptors (Lipinski definition) is 7. The van der Waals surface area contributed by atoms with Crippen LogP contribution in [0.3, 0.4) is 0 Å². The van der Waals surface area contributed by atoms with E-state index in [2.05, 4.69) is 14.2 Å². The Balaban J connectivity index is 2.64. The number of hydrogen-bond donors (Lipinski definition) is 0. The number of carbonyl (C=O) groups excluding carboxylic acids is 2. The molecule has 24 heavy (non-hydrogen) atoms. The van der Waals surface area contributed by atoms with Crippen LogP contribution in [0.25, 0.3) is 0 Å². The second-order valence-electron chi connectivity index (χ2n) is 4.63. The van der Waals surface area contributed by atoms with Gasteiger partial charge in [-0.15, -0.1) is 0 Å². The molecule has 0 bridgehead atoms. The fraction of sp³-hybridized carbons (Fsp3) is 0.333. The van der Waals surface area contributed by atoms with Gasteiger partial charge in [0.25, 0.3) is 0 Å². The molecule has 0 saturated heterocycles. The van der Waals surface area contributed by atoms with E-state index in [9.17, 15) is 18.4 Å². The van der Waals surface area contributed by atoms with E-state index in [1.807, 2.05) is 0 Å². The maximum Gasteiger partial charge on any atom is 0.355 e. The molecule has 1 heterocycles. The smallest absolute Gasteiger partial charge is 0.355 e. The van der Waals surface area contributed by atoms with Gasteiger partial charge in [0, 0.05) is 0 Å². The Morgan fingerprint density at radius 3 is 2.38 bits per heavy atom. The first-order valence-electron chi connectivity index (χ1n) is 6.73. The van der Waals surface area contributed by atoms with Gasteiger partial charge < -0.3 is 23.8 Å². The van der Waals surface area contributed by atoms with Crippen molar-refractivity contribution in [1.29, 1.82) is 0 Å². The lowest BCUT2D eigenvalue weighted by molar-refractivity contribution is -0.140. The standard InChI is InChI=1S/C15H15F2NO6/c1-21-13-9(16)4-5-10(11(13)17)18-7-24-6-8(14(19)22-2)12(18)15(20)23-3/h4-5H,6-7H2,1-3H3. The summed E-state index contributed by atoms with van der Waals surface area (Å²) in [6, 6.07) is 2.07. The maximum absolute atomic E-state index is 14.5. The van der Waals surface area contributed by atoms with Crippen molar-refractivity contribution in [3.05, 3.63) is 35.0 Å². The van der Waals surface area contributed by atoms with Crippen molar-refractivity contribution in [2.24, 2.45) is 0 Å². The monoisotopic (exact) mass is 343 g/mol.